The number of furan rings is 1. The van der Waals surface area contributed by atoms with Gasteiger partial charge >= 0.3 is 0 Å². The van der Waals surface area contributed by atoms with Crippen LogP contribution in [0.1, 0.15) is 29.9 Å². The van der Waals surface area contributed by atoms with Crippen LogP contribution in [0, 0.1) is 0 Å². The summed E-state index contributed by atoms with van der Waals surface area (Å²) in [7, 11) is -3.81. The van der Waals surface area contributed by atoms with Crippen LogP contribution < -0.4 is 5.32 Å². The van der Waals surface area contributed by atoms with Crippen molar-refractivity contribution in [3.63, 3.8) is 0 Å². The second-order valence-electron chi connectivity index (χ2n) is 7.89. The minimum absolute atomic E-state index is 0.160. The number of rotatable bonds is 5. The molecule has 1 amide bonds. The molecule has 0 saturated carbocycles. The molecule has 0 radical (unpaired) electrons. The van der Waals surface area contributed by atoms with Crippen molar-refractivity contribution in [3.05, 3.63) is 89.0 Å². The van der Waals surface area contributed by atoms with Gasteiger partial charge in [0.1, 0.15) is 21.6 Å². The average molecular weight is 467 g/mol. The predicted octanol–water partition coefficient (Wildman–Crippen LogP) is 4.49. The van der Waals surface area contributed by atoms with Crippen LogP contribution in [0.5, 0.6) is 0 Å². The summed E-state index contributed by atoms with van der Waals surface area (Å²) in [5, 5.41) is 5.65. The Morgan fingerprint density at radius 1 is 1.09 bits per heavy atom. The molecule has 2 atom stereocenters. The third kappa shape index (κ3) is 3.74. The number of sulfonamides is 1. The molecule has 2 unspecified atom stereocenters. The number of amides is 1. The number of para-hydroxylation sites is 1. The smallest absolute Gasteiger partial charge is 0.253 e. The summed E-state index contributed by atoms with van der Waals surface area (Å²) in [4.78, 5) is 13.4. The Bertz CT molecular complexity index is 1340. The zero-order chi connectivity index (χ0) is 22.3. The van der Waals surface area contributed by atoms with E-state index < -0.39 is 22.1 Å². The Hall–Kier alpha value is -2.94. The van der Waals surface area contributed by atoms with Gasteiger partial charge in [-0.05, 0) is 48.1 Å². The fourth-order valence-corrected chi connectivity index (χ4v) is 6.78. The molecular formula is C24H22N2O4S2. The van der Waals surface area contributed by atoms with Crippen LogP contribution in [0.25, 0.3) is 11.0 Å². The molecule has 4 aromatic rings. The highest BCUT2D eigenvalue weighted by molar-refractivity contribution is 7.91. The molecule has 3 heterocycles. The van der Waals surface area contributed by atoms with Gasteiger partial charge in [0.2, 0.25) is 5.91 Å². The lowest BCUT2D eigenvalue weighted by Crippen LogP contribution is -2.52. The third-order valence-corrected chi connectivity index (χ3v) is 9.02. The van der Waals surface area contributed by atoms with E-state index in [0.717, 1.165) is 33.4 Å². The van der Waals surface area contributed by atoms with Crippen LogP contribution >= 0.6 is 11.3 Å². The summed E-state index contributed by atoms with van der Waals surface area (Å²) < 4.78 is 34.2. The Morgan fingerprint density at radius 2 is 1.84 bits per heavy atom. The number of carbonyl (C=O) groups excluding carboxylic acids is 1. The van der Waals surface area contributed by atoms with Crippen molar-refractivity contribution in [1.82, 2.24) is 9.62 Å². The van der Waals surface area contributed by atoms with Crippen LogP contribution in [0.4, 0.5) is 0 Å². The minimum Gasteiger partial charge on any atom is -0.459 e. The van der Waals surface area contributed by atoms with E-state index in [0.29, 0.717) is 12.2 Å². The molecule has 8 heteroatoms. The van der Waals surface area contributed by atoms with Crippen molar-refractivity contribution in [2.45, 2.75) is 36.2 Å². The molecule has 0 fully saturated rings. The van der Waals surface area contributed by atoms with Crippen LogP contribution in [-0.2, 0) is 27.8 Å². The van der Waals surface area contributed by atoms with E-state index in [-0.39, 0.29) is 16.7 Å². The van der Waals surface area contributed by atoms with Gasteiger partial charge in [-0.2, -0.15) is 4.31 Å². The third-order valence-electron chi connectivity index (χ3n) is 5.80. The number of hydrogen-bond donors (Lipinski definition) is 1. The van der Waals surface area contributed by atoms with Gasteiger partial charge in [-0.1, -0.05) is 48.5 Å². The Kier molecular flexibility index (Phi) is 5.36. The second-order valence-corrected chi connectivity index (χ2v) is 11.0. The summed E-state index contributed by atoms with van der Waals surface area (Å²) in [6.07, 6.45) is 0.319. The van der Waals surface area contributed by atoms with Gasteiger partial charge in [-0.3, -0.25) is 4.79 Å². The van der Waals surface area contributed by atoms with E-state index in [1.54, 1.807) is 17.5 Å². The molecule has 5 rings (SSSR count). The van der Waals surface area contributed by atoms with E-state index in [1.807, 2.05) is 61.5 Å². The maximum Gasteiger partial charge on any atom is 0.253 e. The fraction of sp³-hybridized carbons (Fsp3) is 0.208. The van der Waals surface area contributed by atoms with Crippen molar-refractivity contribution in [2.24, 2.45) is 0 Å². The first-order valence-electron chi connectivity index (χ1n) is 10.3. The molecule has 2 aromatic heterocycles. The van der Waals surface area contributed by atoms with Crippen molar-refractivity contribution < 1.29 is 17.6 Å². The normalized spacial score (nSPS) is 17.7. The number of nitrogens with zero attached hydrogens (tertiary/aromatic N) is 1. The first-order chi connectivity index (χ1) is 15.4. The molecule has 1 aliphatic rings. The molecule has 1 N–H and O–H groups in total. The van der Waals surface area contributed by atoms with Crippen molar-refractivity contribution >= 4 is 38.2 Å². The molecule has 1 aliphatic heterocycles. The number of fused-ring (bicyclic) bond motifs is 2. The zero-order valence-corrected chi connectivity index (χ0v) is 19.0. The van der Waals surface area contributed by atoms with Gasteiger partial charge in [-0.15, -0.1) is 11.3 Å². The van der Waals surface area contributed by atoms with Gasteiger partial charge in [0, 0.05) is 11.9 Å². The van der Waals surface area contributed by atoms with Gasteiger partial charge in [0.05, 0.1) is 6.04 Å². The summed E-state index contributed by atoms with van der Waals surface area (Å²) in [6, 6.07) is 19.2. The largest absolute Gasteiger partial charge is 0.459 e. The molecule has 0 aliphatic carbocycles. The Morgan fingerprint density at radius 3 is 2.59 bits per heavy atom. The van der Waals surface area contributed by atoms with Crippen molar-refractivity contribution in [1.29, 1.82) is 0 Å². The minimum atomic E-state index is -3.81. The molecule has 0 saturated heterocycles. The van der Waals surface area contributed by atoms with Crippen LogP contribution in [0.15, 0.2) is 80.7 Å². The highest BCUT2D eigenvalue weighted by atomic mass is 32.2. The van der Waals surface area contributed by atoms with Crippen LogP contribution in [0.3, 0.4) is 0 Å². The highest BCUT2D eigenvalue weighted by Gasteiger charge is 2.40. The average Bonchev–Trinajstić information content (AvgIpc) is 3.48. The summed E-state index contributed by atoms with van der Waals surface area (Å²) in [5.41, 5.74) is 2.65. The molecule has 32 heavy (non-hydrogen) atoms. The maximum absolute atomic E-state index is 13.4. The number of carbonyl (C=O) groups is 1. The topological polar surface area (TPSA) is 79.6 Å². The molecule has 164 valence electrons. The maximum atomic E-state index is 13.4. The van der Waals surface area contributed by atoms with E-state index in [2.05, 4.69) is 5.32 Å². The number of hydrogen-bond acceptors (Lipinski definition) is 5. The Labute approximate surface area is 190 Å². The number of nitrogens with one attached hydrogen (secondary N) is 1. The van der Waals surface area contributed by atoms with E-state index in [1.165, 1.54) is 4.31 Å². The van der Waals surface area contributed by atoms with Crippen molar-refractivity contribution in [3.8, 4) is 0 Å². The summed E-state index contributed by atoms with van der Waals surface area (Å²) in [5.74, 6) is 0.288. The monoisotopic (exact) mass is 466 g/mol. The number of thiophene rings is 1. The number of benzene rings is 2. The summed E-state index contributed by atoms with van der Waals surface area (Å²) in [6.45, 7) is 2.00. The van der Waals surface area contributed by atoms with Gasteiger partial charge in [-0.25, -0.2) is 8.42 Å². The van der Waals surface area contributed by atoms with Crippen molar-refractivity contribution in [2.75, 3.05) is 0 Å². The SMILES string of the molecule is CC(NC(=O)C1Cc2ccccc2CN1S(=O)(=O)c1cccs1)c1cc2ccccc2o1. The van der Waals surface area contributed by atoms with Gasteiger partial charge in [0.25, 0.3) is 10.0 Å². The predicted molar refractivity (Wildman–Crippen MR) is 124 cm³/mol. The first-order valence-corrected chi connectivity index (χ1v) is 12.7. The first kappa shape index (κ1) is 20.9. The van der Waals surface area contributed by atoms with Crippen LogP contribution in [-0.4, -0.2) is 24.7 Å². The Balaban J connectivity index is 1.45. The van der Waals surface area contributed by atoms with E-state index in [9.17, 15) is 13.2 Å². The van der Waals surface area contributed by atoms with E-state index >= 15 is 0 Å². The molecule has 2 aromatic carbocycles. The molecule has 6 nitrogen and oxygen atoms in total. The lowest BCUT2D eigenvalue weighted by molar-refractivity contribution is -0.126. The second kappa shape index (κ2) is 8.20. The standard InChI is InChI=1S/C24H22N2O4S2/c1-16(22-14-18-8-4-5-10-21(18)30-22)25-24(27)20-13-17-7-2-3-9-19(17)15-26(20)32(28,29)23-11-6-12-31-23/h2-12,14,16,20H,13,15H2,1H3,(H,25,27). The van der Waals surface area contributed by atoms with E-state index in [4.69, 9.17) is 4.42 Å². The lowest BCUT2D eigenvalue weighted by atomic mass is 9.95. The summed E-state index contributed by atoms with van der Waals surface area (Å²) >= 11 is 1.16. The fourth-order valence-electron chi connectivity index (χ4n) is 4.10. The zero-order valence-electron chi connectivity index (χ0n) is 17.4. The van der Waals surface area contributed by atoms with Gasteiger partial charge in [0.15, 0.2) is 0 Å². The quantitative estimate of drug-likeness (QED) is 0.470. The van der Waals surface area contributed by atoms with Gasteiger partial charge < -0.3 is 9.73 Å². The highest BCUT2D eigenvalue weighted by Crippen LogP contribution is 2.31. The molecule has 0 bridgehead atoms. The lowest BCUT2D eigenvalue weighted by Gasteiger charge is -2.35. The molecule has 0 spiro atoms. The molecular weight excluding hydrogens is 444 g/mol. The van der Waals surface area contributed by atoms with Crippen LogP contribution in [0.2, 0.25) is 0 Å².